The van der Waals surface area contributed by atoms with E-state index < -0.39 is 41.6 Å². The van der Waals surface area contributed by atoms with Crippen LogP contribution in [0.15, 0.2) is 48.5 Å². The number of likely N-dealkylation sites (tertiary alicyclic amines) is 1. The minimum absolute atomic E-state index is 0.0524. The highest BCUT2D eigenvalue weighted by Gasteiger charge is 2.38. The molecule has 5 nitrogen and oxygen atoms in total. The fraction of sp³-hybridized carbons (Fsp3) is 0.440. The predicted molar refractivity (Wildman–Crippen MR) is 119 cm³/mol. The normalized spacial score (nSPS) is 19.7. The first-order valence-corrected chi connectivity index (χ1v) is 11.3. The number of hydrogen-bond donors (Lipinski definition) is 1. The summed E-state index contributed by atoms with van der Waals surface area (Å²) in [6.45, 7) is 1.88. The van der Waals surface area contributed by atoms with Gasteiger partial charge in [-0.25, -0.2) is 0 Å². The molecule has 1 heterocycles. The Bertz CT molecular complexity index is 1040. The molecule has 0 radical (unpaired) electrons. The van der Waals surface area contributed by atoms with Gasteiger partial charge in [0.25, 0.3) is 0 Å². The molecule has 0 saturated carbocycles. The summed E-state index contributed by atoms with van der Waals surface area (Å²) in [5.41, 5.74) is 2.88. The van der Waals surface area contributed by atoms with Crippen molar-refractivity contribution in [3.8, 4) is 0 Å². The second kappa shape index (κ2) is 10.9. The second-order valence-corrected chi connectivity index (χ2v) is 8.77. The van der Waals surface area contributed by atoms with Crippen LogP contribution in [-0.4, -0.2) is 35.9 Å². The van der Waals surface area contributed by atoms with Crippen molar-refractivity contribution < 1.29 is 40.7 Å². The van der Waals surface area contributed by atoms with Gasteiger partial charge in [-0.3, -0.25) is 9.59 Å². The van der Waals surface area contributed by atoms with Crippen LogP contribution in [0.1, 0.15) is 60.5 Å². The number of nitrogens with zero attached hydrogens (tertiary/aromatic N) is 1. The van der Waals surface area contributed by atoms with Gasteiger partial charge in [0.1, 0.15) is 0 Å². The minimum atomic E-state index is -4.96. The molecule has 1 aliphatic heterocycles. The third kappa shape index (κ3) is 6.99. The number of amides is 2. The molecule has 1 saturated heterocycles. The van der Waals surface area contributed by atoms with Crippen molar-refractivity contribution in [1.82, 2.24) is 4.90 Å². The Morgan fingerprint density at radius 2 is 1.58 bits per heavy atom. The third-order valence-electron chi connectivity index (χ3n) is 6.17. The van der Waals surface area contributed by atoms with Gasteiger partial charge in [0.2, 0.25) is 11.8 Å². The maximum Gasteiger partial charge on any atom is 0.416 e. The Morgan fingerprint density at radius 3 is 2.11 bits per heavy atom. The van der Waals surface area contributed by atoms with Gasteiger partial charge in [0.05, 0.1) is 23.3 Å². The Kier molecular flexibility index (Phi) is 8.33. The fourth-order valence-corrected chi connectivity index (χ4v) is 4.28. The highest BCUT2D eigenvalue weighted by molar-refractivity contribution is 5.83. The number of nitrogens with two attached hydrogens (primary N) is 1. The van der Waals surface area contributed by atoms with Gasteiger partial charge in [-0.2, -0.15) is 26.3 Å². The first-order chi connectivity index (χ1) is 16.8. The molecule has 36 heavy (non-hydrogen) atoms. The van der Waals surface area contributed by atoms with Crippen LogP contribution < -0.4 is 5.73 Å². The lowest BCUT2D eigenvalue weighted by Crippen LogP contribution is -2.46. The van der Waals surface area contributed by atoms with Crippen molar-refractivity contribution in [3.63, 3.8) is 0 Å². The molecule has 1 fully saturated rings. The van der Waals surface area contributed by atoms with Gasteiger partial charge >= 0.3 is 12.4 Å². The number of hydrogen-bond acceptors (Lipinski definition) is 3. The van der Waals surface area contributed by atoms with Crippen LogP contribution in [0, 0.1) is 0 Å². The summed E-state index contributed by atoms with van der Waals surface area (Å²) in [4.78, 5) is 25.2. The van der Waals surface area contributed by atoms with Crippen LogP contribution in [0.25, 0.3) is 0 Å². The number of halogens is 6. The van der Waals surface area contributed by atoms with E-state index in [0.29, 0.717) is 18.6 Å². The maximum atomic E-state index is 13.3. The van der Waals surface area contributed by atoms with E-state index in [-0.39, 0.29) is 49.4 Å². The smallest absolute Gasteiger partial charge is 0.370 e. The van der Waals surface area contributed by atoms with Crippen LogP contribution in [0.2, 0.25) is 0 Å². The Balaban J connectivity index is 1.86. The molecule has 0 bridgehead atoms. The summed E-state index contributed by atoms with van der Waals surface area (Å²) in [5, 5.41) is 0. The molecule has 3 atom stereocenters. The summed E-state index contributed by atoms with van der Waals surface area (Å²) < 4.78 is 85.8. The average Bonchev–Trinajstić information content (AvgIpc) is 2.81. The number of alkyl halides is 6. The zero-order valence-electron chi connectivity index (χ0n) is 19.4. The molecule has 0 aromatic heterocycles. The van der Waals surface area contributed by atoms with Gasteiger partial charge < -0.3 is 15.4 Å². The molecular weight excluding hydrogens is 490 g/mol. The predicted octanol–water partition coefficient (Wildman–Crippen LogP) is 5.45. The lowest BCUT2D eigenvalue weighted by Gasteiger charge is -2.40. The molecule has 1 aliphatic rings. The molecule has 0 aliphatic carbocycles. The van der Waals surface area contributed by atoms with Crippen LogP contribution >= 0.6 is 0 Å². The Morgan fingerprint density at radius 1 is 1.00 bits per heavy atom. The number of ether oxygens (including phenoxy) is 1. The van der Waals surface area contributed by atoms with E-state index in [1.165, 1.54) is 6.92 Å². The zero-order valence-corrected chi connectivity index (χ0v) is 19.4. The van der Waals surface area contributed by atoms with Crippen LogP contribution in [-0.2, 0) is 26.7 Å². The topological polar surface area (TPSA) is 72.6 Å². The highest BCUT2D eigenvalue weighted by Crippen LogP contribution is 2.39. The second-order valence-electron chi connectivity index (χ2n) is 8.77. The van der Waals surface area contributed by atoms with E-state index >= 15 is 0 Å². The molecular formula is C25H26F6N2O3. The van der Waals surface area contributed by atoms with Gasteiger partial charge in [-0.1, -0.05) is 30.3 Å². The average molecular weight is 516 g/mol. The van der Waals surface area contributed by atoms with E-state index in [0.717, 1.165) is 5.56 Å². The van der Waals surface area contributed by atoms with Crippen molar-refractivity contribution in [1.29, 1.82) is 0 Å². The van der Waals surface area contributed by atoms with Crippen molar-refractivity contribution >= 4 is 11.8 Å². The number of carbonyl (C=O) groups is 2. The zero-order chi connectivity index (χ0) is 26.7. The quantitative estimate of drug-likeness (QED) is 0.498. The number of rotatable bonds is 7. The first-order valence-electron chi connectivity index (χ1n) is 11.3. The molecule has 196 valence electrons. The molecule has 3 rings (SSSR count). The lowest BCUT2D eigenvalue weighted by molar-refractivity contribution is -0.143. The Labute approximate surface area is 204 Å². The van der Waals surface area contributed by atoms with E-state index in [1.54, 1.807) is 23.1 Å². The number of primary amides is 1. The van der Waals surface area contributed by atoms with E-state index in [4.69, 9.17) is 10.5 Å². The van der Waals surface area contributed by atoms with E-state index in [9.17, 15) is 35.9 Å². The van der Waals surface area contributed by atoms with E-state index in [2.05, 4.69) is 0 Å². The lowest BCUT2D eigenvalue weighted by atomic mass is 9.87. The van der Waals surface area contributed by atoms with Gasteiger partial charge in [0.15, 0.2) is 0 Å². The summed E-state index contributed by atoms with van der Waals surface area (Å²) in [6, 6.07) is 10.4. The summed E-state index contributed by atoms with van der Waals surface area (Å²) in [7, 11) is 0. The first kappa shape index (κ1) is 27.5. The number of benzene rings is 2. The molecule has 11 heteroatoms. The van der Waals surface area contributed by atoms with Gasteiger partial charge in [-0.15, -0.1) is 0 Å². The summed E-state index contributed by atoms with van der Waals surface area (Å²) in [6.07, 6.45) is -11.4. The summed E-state index contributed by atoms with van der Waals surface area (Å²) in [5.74, 6) is -1.25. The molecule has 2 aromatic carbocycles. The summed E-state index contributed by atoms with van der Waals surface area (Å²) >= 11 is 0. The monoisotopic (exact) mass is 516 g/mol. The van der Waals surface area contributed by atoms with Crippen LogP contribution in [0.5, 0.6) is 0 Å². The van der Waals surface area contributed by atoms with Crippen LogP contribution in [0.3, 0.4) is 0 Å². The fourth-order valence-electron chi connectivity index (χ4n) is 4.28. The molecule has 2 amide bonds. The molecule has 0 spiro atoms. The molecule has 0 unspecified atom stereocenters. The SMILES string of the molecule is C[C@@H](O[C@H]1CCN(C(=O)CCC(N)=O)C[C@H]1c1ccccc1)c1cc(C(F)(F)F)cc(C(F)(F)F)c1. The van der Waals surface area contributed by atoms with Crippen molar-refractivity contribution in [2.45, 2.75) is 56.7 Å². The van der Waals surface area contributed by atoms with Gasteiger partial charge in [0, 0.05) is 31.8 Å². The van der Waals surface area contributed by atoms with E-state index in [1.807, 2.05) is 12.1 Å². The largest absolute Gasteiger partial charge is 0.416 e. The molecule has 2 aromatic rings. The van der Waals surface area contributed by atoms with Crippen LogP contribution in [0.4, 0.5) is 26.3 Å². The number of piperidine rings is 1. The third-order valence-corrected chi connectivity index (χ3v) is 6.17. The minimum Gasteiger partial charge on any atom is -0.370 e. The maximum absolute atomic E-state index is 13.3. The van der Waals surface area contributed by atoms with Crippen molar-refractivity contribution in [3.05, 3.63) is 70.8 Å². The standard InChI is InChI=1S/C25H26F6N2O3/c1-15(17-11-18(24(26,27)28)13-19(12-17)25(29,30)31)36-21-9-10-33(23(35)8-7-22(32)34)14-20(21)16-5-3-2-4-6-16/h2-6,11-13,15,20-21H,7-10,14H2,1H3,(H2,32,34)/t15-,20+,21+/m1/s1. The van der Waals surface area contributed by atoms with Gasteiger partial charge in [-0.05, 0) is 42.7 Å². The highest BCUT2D eigenvalue weighted by atomic mass is 19.4. The van der Waals surface area contributed by atoms with Crippen molar-refractivity contribution in [2.24, 2.45) is 5.73 Å². The number of carbonyl (C=O) groups excluding carboxylic acids is 2. The van der Waals surface area contributed by atoms with Crippen molar-refractivity contribution in [2.75, 3.05) is 13.1 Å². The molecule has 2 N–H and O–H groups in total. The Hall–Kier alpha value is -3.08.